The van der Waals surface area contributed by atoms with Crippen molar-refractivity contribution in [1.82, 2.24) is 15.1 Å². The summed E-state index contributed by atoms with van der Waals surface area (Å²) in [5, 5.41) is 6.62. The van der Waals surface area contributed by atoms with E-state index in [0.29, 0.717) is 10.7 Å². The van der Waals surface area contributed by atoms with Crippen LogP contribution in [0.15, 0.2) is 18.2 Å². The molecule has 0 bridgehead atoms. The summed E-state index contributed by atoms with van der Waals surface area (Å²) in [6.07, 6.45) is 0. The maximum Gasteiger partial charge on any atom is 0.238 e. The third-order valence-electron chi connectivity index (χ3n) is 3.76. The molecular formula is C16H23ClN4O2. The molecule has 2 rings (SSSR count). The molecule has 2 amide bonds. The van der Waals surface area contributed by atoms with Crippen LogP contribution in [0.25, 0.3) is 0 Å². The number of hydrogen-bond acceptors (Lipinski definition) is 4. The molecule has 2 N–H and O–H groups in total. The summed E-state index contributed by atoms with van der Waals surface area (Å²) in [6, 6.07) is 5.36. The van der Waals surface area contributed by atoms with Crippen molar-refractivity contribution in [3.05, 3.63) is 28.8 Å². The second kappa shape index (κ2) is 8.29. The standard InChI is InChI=1S/C16H23ClN4O2/c1-12-3-4-13(17)9-14(12)19-15(22)10-20(2)11-16(23)21-7-5-18-6-8-21/h3-4,9,18H,5-8,10-11H2,1-2H3,(H,19,22). The van der Waals surface area contributed by atoms with E-state index in [0.717, 1.165) is 31.7 Å². The van der Waals surface area contributed by atoms with E-state index >= 15 is 0 Å². The summed E-state index contributed by atoms with van der Waals surface area (Å²) in [5.74, 6) is -0.105. The Kier molecular flexibility index (Phi) is 6.38. The van der Waals surface area contributed by atoms with Crippen LogP contribution in [-0.2, 0) is 9.59 Å². The van der Waals surface area contributed by atoms with Crippen LogP contribution in [0.2, 0.25) is 5.02 Å². The first-order valence-corrected chi connectivity index (χ1v) is 8.06. The van der Waals surface area contributed by atoms with Crippen LogP contribution in [0.1, 0.15) is 5.56 Å². The molecule has 0 spiro atoms. The highest BCUT2D eigenvalue weighted by Gasteiger charge is 2.18. The van der Waals surface area contributed by atoms with E-state index in [-0.39, 0.29) is 24.9 Å². The fraction of sp³-hybridized carbons (Fsp3) is 0.500. The molecule has 0 atom stereocenters. The molecule has 126 valence electrons. The minimum atomic E-state index is -0.161. The van der Waals surface area contributed by atoms with Gasteiger partial charge in [-0.05, 0) is 31.7 Å². The normalized spacial score (nSPS) is 14.9. The second-order valence-corrected chi connectivity index (χ2v) is 6.25. The monoisotopic (exact) mass is 338 g/mol. The number of carbonyl (C=O) groups excluding carboxylic acids is 2. The van der Waals surface area contributed by atoms with Crippen LogP contribution >= 0.6 is 11.6 Å². The van der Waals surface area contributed by atoms with Crippen LogP contribution < -0.4 is 10.6 Å². The summed E-state index contributed by atoms with van der Waals surface area (Å²) < 4.78 is 0. The first-order chi connectivity index (χ1) is 11.0. The average molecular weight is 339 g/mol. The van der Waals surface area contributed by atoms with Crippen molar-refractivity contribution in [1.29, 1.82) is 0 Å². The van der Waals surface area contributed by atoms with E-state index in [2.05, 4.69) is 10.6 Å². The molecule has 0 aromatic heterocycles. The number of rotatable bonds is 5. The zero-order chi connectivity index (χ0) is 16.8. The van der Waals surface area contributed by atoms with E-state index < -0.39 is 0 Å². The second-order valence-electron chi connectivity index (χ2n) is 5.81. The molecule has 7 heteroatoms. The van der Waals surface area contributed by atoms with E-state index in [4.69, 9.17) is 11.6 Å². The Morgan fingerprint density at radius 1 is 1.30 bits per heavy atom. The predicted molar refractivity (Wildman–Crippen MR) is 91.8 cm³/mol. The molecule has 1 aliphatic heterocycles. The van der Waals surface area contributed by atoms with Crippen LogP contribution in [0.3, 0.4) is 0 Å². The Bertz CT molecular complexity index is 573. The third-order valence-corrected chi connectivity index (χ3v) is 4.00. The van der Waals surface area contributed by atoms with Gasteiger partial charge < -0.3 is 15.5 Å². The molecule has 1 fully saturated rings. The molecule has 1 aromatic rings. The molecule has 0 aliphatic carbocycles. The van der Waals surface area contributed by atoms with Crippen molar-refractivity contribution in [2.24, 2.45) is 0 Å². The Morgan fingerprint density at radius 3 is 2.70 bits per heavy atom. The molecule has 0 radical (unpaired) electrons. The van der Waals surface area contributed by atoms with E-state index in [9.17, 15) is 9.59 Å². The average Bonchev–Trinajstić information content (AvgIpc) is 2.51. The van der Waals surface area contributed by atoms with Gasteiger partial charge >= 0.3 is 0 Å². The zero-order valence-electron chi connectivity index (χ0n) is 13.6. The largest absolute Gasteiger partial charge is 0.339 e. The number of anilines is 1. The van der Waals surface area contributed by atoms with E-state index in [1.165, 1.54) is 0 Å². The van der Waals surface area contributed by atoms with Gasteiger partial charge in [0.05, 0.1) is 13.1 Å². The smallest absolute Gasteiger partial charge is 0.238 e. The zero-order valence-corrected chi connectivity index (χ0v) is 14.3. The van der Waals surface area contributed by atoms with Gasteiger partial charge in [0.25, 0.3) is 0 Å². The molecule has 1 heterocycles. The Hall–Kier alpha value is -1.63. The van der Waals surface area contributed by atoms with Gasteiger partial charge in [0.1, 0.15) is 0 Å². The molecule has 23 heavy (non-hydrogen) atoms. The molecule has 1 saturated heterocycles. The highest BCUT2D eigenvalue weighted by molar-refractivity contribution is 6.31. The maximum atomic E-state index is 12.2. The molecule has 0 saturated carbocycles. The summed E-state index contributed by atoms with van der Waals surface area (Å²) in [7, 11) is 1.77. The Morgan fingerprint density at radius 2 is 2.00 bits per heavy atom. The lowest BCUT2D eigenvalue weighted by Gasteiger charge is -2.29. The van der Waals surface area contributed by atoms with Gasteiger partial charge in [0.15, 0.2) is 0 Å². The van der Waals surface area contributed by atoms with Gasteiger partial charge in [-0.1, -0.05) is 17.7 Å². The number of nitrogens with one attached hydrogen (secondary N) is 2. The third kappa shape index (κ3) is 5.49. The van der Waals surface area contributed by atoms with Crippen molar-refractivity contribution >= 4 is 29.1 Å². The highest BCUT2D eigenvalue weighted by Crippen LogP contribution is 2.19. The first-order valence-electron chi connectivity index (χ1n) is 7.69. The number of nitrogens with zero attached hydrogens (tertiary/aromatic N) is 2. The highest BCUT2D eigenvalue weighted by atomic mass is 35.5. The fourth-order valence-corrected chi connectivity index (χ4v) is 2.64. The number of piperazine rings is 1. The maximum absolute atomic E-state index is 12.2. The topological polar surface area (TPSA) is 64.7 Å². The number of carbonyl (C=O) groups is 2. The number of aryl methyl sites for hydroxylation is 1. The predicted octanol–water partition coefficient (Wildman–Crippen LogP) is 0.951. The number of amides is 2. The lowest BCUT2D eigenvalue weighted by molar-refractivity contribution is -0.133. The van der Waals surface area contributed by atoms with Crippen molar-refractivity contribution in [2.45, 2.75) is 6.92 Å². The van der Waals surface area contributed by atoms with Crippen molar-refractivity contribution in [2.75, 3.05) is 51.6 Å². The number of hydrogen-bond donors (Lipinski definition) is 2. The van der Waals surface area contributed by atoms with Crippen LogP contribution in [0.4, 0.5) is 5.69 Å². The van der Waals surface area contributed by atoms with Gasteiger partial charge in [-0.3, -0.25) is 14.5 Å². The van der Waals surface area contributed by atoms with Crippen LogP contribution in [0, 0.1) is 6.92 Å². The van der Waals surface area contributed by atoms with Gasteiger partial charge in [-0.25, -0.2) is 0 Å². The first kappa shape index (κ1) is 17.7. The van der Waals surface area contributed by atoms with E-state index in [1.807, 2.05) is 17.9 Å². The minimum Gasteiger partial charge on any atom is -0.339 e. The minimum absolute atomic E-state index is 0.0562. The van der Waals surface area contributed by atoms with Gasteiger partial charge in [0, 0.05) is 36.9 Å². The molecule has 1 aliphatic rings. The van der Waals surface area contributed by atoms with Crippen molar-refractivity contribution < 1.29 is 9.59 Å². The summed E-state index contributed by atoms with van der Waals surface area (Å²) in [6.45, 7) is 5.39. The van der Waals surface area contributed by atoms with Gasteiger partial charge in [0.2, 0.25) is 11.8 Å². The lowest BCUT2D eigenvalue weighted by atomic mass is 10.2. The van der Waals surface area contributed by atoms with Crippen LogP contribution in [0.5, 0.6) is 0 Å². The SMILES string of the molecule is Cc1ccc(Cl)cc1NC(=O)CN(C)CC(=O)N1CCNCC1. The summed E-state index contributed by atoms with van der Waals surface area (Å²) >= 11 is 5.94. The fourth-order valence-electron chi connectivity index (χ4n) is 2.46. The Balaban J connectivity index is 1.82. The lowest BCUT2D eigenvalue weighted by Crippen LogP contribution is -2.49. The Labute approximate surface area is 141 Å². The van der Waals surface area contributed by atoms with Crippen molar-refractivity contribution in [3.63, 3.8) is 0 Å². The quantitative estimate of drug-likeness (QED) is 0.839. The van der Waals surface area contributed by atoms with Crippen molar-refractivity contribution in [3.8, 4) is 0 Å². The molecule has 6 nitrogen and oxygen atoms in total. The van der Waals surface area contributed by atoms with Gasteiger partial charge in [-0.2, -0.15) is 0 Å². The summed E-state index contributed by atoms with van der Waals surface area (Å²) in [4.78, 5) is 27.8. The number of benzene rings is 1. The number of likely N-dealkylation sites (N-methyl/N-ethyl adjacent to an activating group) is 1. The molecule has 0 unspecified atom stereocenters. The van der Waals surface area contributed by atoms with Gasteiger partial charge in [-0.15, -0.1) is 0 Å². The number of halogens is 1. The molecular weight excluding hydrogens is 316 g/mol. The van der Waals surface area contributed by atoms with Crippen LogP contribution in [-0.4, -0.2) is 67.9 Å². The summed E-state index contributed by atoms with van der Waals surface area (Å²) in [5.41, 5.74) is 1.65. The van der Waals surface area contributed by atoms with E-state index in [1.54, 1.807) is 24.1 Å². The molecule has 1 aromatic carbocycles.